The average molecular weight is 519 g/mol. The van der Waals surface area contributed by atoms with Crippen LogP contribution in [-0.2, 0) is 11.4 Å². The Kier molecular flexibility index (Phi) is 7.40. The smallest absolute Gasteiger partial charge is 0.306 e. The van der Waals surface area contributed by atoms with Gasteiger partial charge in [0.05, 0.1) is 0 Å². The minimum absolute atomic E-state index is 0.0579. The number of carbonyl (C=O) groups excluding carboxylic acids is 2. The van der Waals surface area contributed by atoms with E-state index in [4.69, 9.17) is 4.84 Å². The molecule has 0 spiro atoms. The lowest BCUT2D eigenvalue weighted by atomic mass is 10.2. The van der Waals surface area contributed by atoms with E-state index in [9.17, 15) is 9.59 Å². The van der Waals surface area contributed by atoms with Crippen LogP contribution in [0.5, 0.6) is 0 Å². The number of anilines is 2. The van der Waals surface area contributed by atoms with Crippen molar-refractivity contribution in [2.24, 2.45) is 0 Å². The monoisotopic (exact) mass is 517 g/mol. The van der Waals surface area contributed by atoms with Gasteiger partial charge in [0, 0.05) is 20.3 Å². The van der Waals surface area contributed by atoms with E-state index in [-0.39, 0.29) is 6.61 Å². The molecule has 29 heavy (non-hydrogen) atoms. The molecular weight excluding hydrogens is 502 g/mol. The molecule has 0 heterocycles. The van der Waals surface area contributed by atoms with E-state index in [1.807, 2.05) is 30.3 Å². The Morgan fingerprint density at radius 2 is 1.17 bits per heavy atom. The molecule has 6 nitrogen and oxygen atoms in total. The van der Waals surface area contributed by atoms with Crippen LogP contribution in [0.4, 0.5) is 21.0 Å². The molecule has 2 N–H and O–H groups in total. The lowest BCUT2D eigenvalue weighted by Gasteiger charge is -2.21. The van der Waals surface area contributed by atoms with Gasteiger partial charge < -0.3 is 10.6 Å². The fourth-order valence-electron chi connectivity index (χ4n) is 2.34. The minimum atomic E-state index is -0.710. The number of carbonyl (C=O) groups is 2. The SMILES string of the molecule is O=C(Nc1ccc(Br)cc1)N(OCc1ccccc1)C(=O)Nc1ccc(Br)cc1. The molecule has 0 saturated carbocycles. The Hall–Kier alpha value is -2.68. The first-order valence-corrected chi connectivity index (χ1v) is 10.2. The number of nitrogens with zero attached hydrogens (tertiary/aromatic N) is 1. The number of nitrogens with one attached hydrogen (secondary N) is 2. The Morgan fingerprint density at radius 3 is 1.62 bits per heavy atom. The molecule has 0 aliphatic heterocycles. The number of hydrogen-bond acceptors (Lipinski definition) is 3. The number of benzene rings is 3. The predicted octanol–water partition coefficient (Wildman–Crippen LogP) is 6.41. The molecule has 8 heteroatoms. The lowest BCUT2D eigenvalue weighted by molar-refractivity contribution is -0.0827. The third-order valence-electron chi connectivity index (χ3n) is 3.76. The molecule has 0 fully saturated rings. The molecule has 0 unspecified atom stereocenters. The third kappa shape index (κ3) is 6.42. The van der Waals surface area contributed by atoms with Crippen molar-refractivity contribution in [3.8, 4) is 0 Å². The molecule has 148 valence electrons. The molecule has 0 radical (unpaired) electrons. The molecule has 0 saturated heterocycles. The zero-order chi connectivity index (χ0) is 20.6. The number of amides is 4. The summed E-state index contributed by atoms with van der Waals surface area (Å²) in [6, 6.07) is 21.8. The maximum atomic E-state index is 12.7. The van der Waals surface area contributed by atoms with E-state index in [2.05, 4.69) is 42.5 Å². The molecule has 3 aromatic carbocycles. The maximum absolute atomic E-state index is 12.7. The van der Waals surface area contributed by atoms with Crippen molar-refractivity contribution in [3.63, 3.8) is 0 Å². The predicted molar refractivity (Wildman–Crippen MR) is 119 cm³/mol. The number of imide groups is 1. The minimum Gasteiger partial charge on any atom is -0.306 e. The van der Waals surface area contributed by atoms with Crippen molar-refractivity contribution >= 4 is 55.3 Å². The highest BCUT2D eigenvalue weighted by atomic mass is 79.9. The summed E-state index contributed by atoms with van der Waals surface area (Å²) in [6.45, 7) is 0.0579. The van der Waals surface area contributed by atoms with E-state index in [0.29, 0.717) is 16.4 Å². The second-order valence-corrected chi connectivity index (χ2v) is 7.76. The van der Waals surface area contributed by atoms with E-state index in [0.717, 1.165) is 14.5 Å². The Labute approximate surface area is 185 Å². The van der Waals surface area contributed by atoms with Gasteiger partial charge in [-0.15, -0.1) is 5.06 Å². The Bertz CT molecular complexity index is 905. The summed E-state index contributed by atoms with van der Waals surface area (Å²) in [5.41, 5.74) is 1.89. The first kappa shape index (κ1) is 21.0. The number of hydrogen-bond donors (Lipinski definition) is 2. The normalized spacial score (nSPS) is 10.3. The molecule has 0 aliphatic carbocycles. The fourth-order valence-corrected chi connectivity index (χ4v) is 2.87. The van der Waals surface area contributed by atoms with Crippen molar-refractivity contribution in [3.05, 3.63) is 93.4 Å². The van der Waals surface area contributed by atoms with Crippen LogP contribution in [0.2, 0.25) is 0 Å². The summed E-state index contributed by atoms with van der Waals surface area (Å²) < 4.78 is 1.75. The Balaban J connectivity index is 1.73. The highest BCUT2D eigenvalue weighted by molar-refractivity contribution is 9.10. The lowest BCUT2D eigenvalue weighted by Crippen LogP contribution is -2.42. The van der Waals surface area contributed by atoms with E-state index >= 15 is 0 Å². The molecule has 0 bridgehead atoms. The van der Waals surface area contributed by atoms with Gasteiger partial charge in [-0.05, 0) is 54.1 Å². The molecular formula is C21H17Br2N3O3. The van der Waals surface area contributed by atoms with Crippen LogP contribution >= 0.6 is 31.9 Å². The largest absolute Gasteiger partial charge is 0.354 e. The molecule has 0 aliphatic rings. The third-order valence-corrected chi connectivity index (χ3v) is 4.82. The fraction of sp³-hybridized carbons (Fsp3) is 0.0476. The van der Waals surface area contributed by atoms with Gasteiger partial charge in [0.1, 0.15) is 6.61 Å². The van der Waals surface area contributed by atoms with Gasteiger partial charge in [0.25, 0.3) is 0 Å². The number of halogens is 2. The summed E-state index contributed by atoms with van der Waals surface area (Å²) in [6.07, 6.45) is 0. The number of rotatable bonds is 5. The van der Waals surface area contributed by atoms with Gasteiger partial charge in [0.2, 0.25) is 0 Å². The van der Waals surface area contributed by atoms with Crippen molar-refractivity contribution < 1.29 is 14.4 Å². The highest BCUT2D eigenvalue weighted by Crippen LogP contribution is 2.17. The van der Waals surface area contributed by atoms with Crippen LogP contribution in [0.25, 0.3) is 0 Å². The van der Waals surface area contributed by atoms with Crippen LogP contribution < -0.4 is 10.6 Å². The zero-order valence-corrected chi connectivity index (χ0v) is 18.3. The first-order chi connectivity index (χ1) is 14.0. The van der Waals surface area contributed by atoms with Crippen LogP contribution in [-0.4, -0.2) is 17.1 Å². The average Bonchev–Trinajstić information content (AvgIpc) is 2.72. The summed E-state index contributed by atoms with van der Waals surface area (Å²) >= 11 is 6.68. The van der Waals surface area contributed by atoms with Gasteiger partial charge in [-0.2, -0.15) is 0 Å². The second-order valence-electron chi connectivity index (χ2n) is 5.93. The number of hydroxylamine groups is 2. The van der Waals surface area contributed by atoms with E-state index in [1.54, 1.807) is 48.5 Å². The van der Waals surface area contributed by atoms with Gasteiger partial charge >= 0.3 is 12.1 Å². The van der Waals surface area contributed by atoms with Crippen LogP contribution in [0.3, 0.4) is 0 Å². The van der Waals surface area contributed by atoms with Crippen molar-refractivity contribution in [2.45, 2.75) is 6.61 Å². The van der Waals surface area contributed by atoms with Crippen molar-refractivity contribution in [2.75, 3.05) is 10.6 Å². The van der Waals surface area contributed by atoms with Gasteiger partial charge in [-0.3, -0.25) is 4.84 Å². The second kappa shape index (κ2) is 10.2. The molecule has 3 rings (SSSR count). The van der Waals surface area contributed by atoms with Crippen molar-refractivity contribution in [1.29, 1.82) is 0 Å². The zero-order valence-electron chi connectivity index (χ0n) is 15.1. The summed E-state index contributed by atoms with van der Waals surface area (Å²) in [5, 5.41) is 5.99. The van der Waals surface area contributed by atoms with Crippen LogP contribution in [0.1, 0.15) is 5.56 Å². The van der Waals surface area contributed by atoms with E-state index < -0.39 is 12.1 Å². The summed E-state index contributed by atoms with van der Waals surface area (Å²) in [7, 11) is 0. The topological polar surface area (TPSA) is 70.7 Å². The van der Waals surface area contributed by atoms with Gasteiger partial charge in [0.15, 0.2) is 0 Å². The molecule has 0 aromatic heterocycles. The molecule has 0 atom stereocenters. The van der Waals surface area contributed by atoms with Gasteiger partial charge in [-0.25, -0.2) is 9.59 Å². The summed E-state index contributed by atoms with van der Waals surface area (Å²) in [5.74, 6) is 0. The van der Waals surface area contributed by atoms with Crippen molar-refractivity contribution in [1.82, 2.24) is 5.06 Å². The van der Waals surface area contributed by atoms with Crippen LogP contribution in [0, 0.1) is 0 Å². The molecule has 4 amide bonds. The molecule has 3 aromatic rings. The Morgan fingerprint density at radius 1 is 0.724 bits per heavy atom. The van der Waals surface area contributed by atoms with Gasteiger partial charge in [-0.1, -0.05) is 62.2 Å². The standard InChI is InChI=1S/C21H17Br2N3O3/c22-16-6-10-18(11-7-16)24-20(27)26(29-14-15-4-2-1-3-5-15)21(28)25-19-12-8-17(23)9-13-19/h1-13H,14H2,(H,24,27)(H,25,28). The quantitative estimate of drug-likeness (QED) is 0.383. The van der Waals surface area contributed by atoms with E-state index in [1.165, 1.54) is 0 Å². The first-order valence-electron chi connectivity index (χ1n) is 8.61. The van der Waals surface area contributed by atoms with Crippen LogP contribution in [0.15, 0.2) is 87.8 Å². The number of urea groups is 2. The summed E-state index contributed by atoms with van der Waals surface area (Å²) in [4.78, 5) is 31.0. The maximum Gasteiger partial charge on any atom is 0.354 e. The highest BCUT2D eigenvalue weighted by Gasteiger charge is 2.23.